The topological polar surface area (TPSA) is 104 Å². The fraction of sp³-hybridized carbons (Fsp3) is 0.312. The van der Waals surface area contributed by atoms with Crippen molar-refractivity contribution in [1.29, 1.82) is 0 Å². The fourth-order valence-corrected chi connectivity index (χ4v) is 6.43. The first kappa shape index (κ1) is 35.6. The van der Waals surface area contributed by atoms with Crippen LogP contribution in [-0.2, 0) is 30.5 Å². The van der Waals surface area contributed by atoms with Crippen LogP contribution in [0.1, 0.15) is 43.4 Å². The van der Waals surface area contributed by atoms with Gasteiger partial charge in [0.05, 0.1) is 35.7 Å². The quantitative estimate of drug-likeness (QED) is 0.0841. The summed E-state index contributed by atoms with van der Waals surface area (Å²) in [5.41, 5.74) is -0.806. The van der Waals surface area contributed by atoms with Crippen molar-refractivity contribution in [1.82, 2.24) is 4.98 Å². The van der Waals surface area contributed by atoms with Crippen molar-refractivity contribution in [3.8, 4) is 11.6 Å². The Morgan fingerprint density at radius 2 is 1.98 bits per heavy atom. The number of anilines is 1. The number of aromatic nitrogens is 1. The molecule has 0 N–H and O–H groups in total. The molecule has 15 heteroatoms. The lowest BCUT2D eigenvalue weighted by atomic mass is 10.1. The van der Waals surface area contributed by atoms with Gasteiger partial charge in [0, 0.05) is 25.1 Å². The van der Waals surface area contributed by atoms with Crippen LogP contribution in [0.15, 0.2) is 65.9 Å². The third-order valence-electron chi connectivity index (χ3n) is 6.93. The van der Waals surface area contributed by atoms with Gasteiger partial charge in [-0.15, -0.1) is 0 Å². The monoisotopic (exact) mass is 698 g/mol. The van der Waals surface area contributed by atoms with Crippen LogP contribution in [0.3, 0.4) is 0 Å². The molecule has 0 bridgehead atoms. The van der Waals surface area contributed by atoms with Crippen LogP contribution in [0.4, 0.5) is 23.2 Å². The lowest BCUT2D eigenvalue weighted by Crippen LogP contribution is -2.44. The van der Waals surface area contributed by atoms with Gasteiger partial charge < -0.3 is 18.9 Å². The van der Waals surface area contributed by atoms with Crippen molar-refractivity contribution in [3.63, 3.8) is 0 Å². The number of pyridine rings is 1. The summed E-state index contributed by atoms with van der Waals surface area (Å²) in [6.45, 7) is 5.68. The number of esters is 1. The van der Waals surface area contributed by atoms with Crippen LogP contribution >= 0.6 is 11.6 Å². The number of methoxy groups -OCH3 is 1. The number of rotatable bonds is 12. The van der Waals surface area contributed by atoms with E-state index < -0.39 is 63.1 Å². The van der Waals surface area contributed by atoms with Gasteiger partial charge >= 0.3 is 12.1 Å². The molecule has 9 nitrogen and oxygen atoms in total. The van der Waals surface area contributed by atoms with Gasteiger partial charge in [-0.25, -0.2) is 17.8 Å². The molecule has 0 spiro atoms. The number of allylic oxidation sites excluding steroid dienone is 1. The Morgan fingerprint density at radius 1 is 1.23 bits per heavy atom. The number of halogens is 5. The highest BCUT2D eigenvalue weighted by molar-refractivity contribution is 7.93. The number of ether oxygens (including phenoxy) is 4. The van der Waals surface area contributed by atoms with E-state index in [-0.39, 0.29) is 35.0 Å². The second-order valence-electron chi connectivity index (χ2n) is 10.5. The van der Waals surface area contributed by atoms with E-state index >= 15 is 0 Å². The summed E-state index contributed by atoms with van der Waals surface area (Å²) in [6, 6.07) is 9.16. The summed E-state index contributed by atoms with van der Waals surface area (Å²) in [6.07, 6.45) is -2.62. The van der Waals surface area contributed by atoms with Gasteiger partial charge in [0.2, 0.25) is 5.88 Å². The van der Waals surface area contributed by atoms with Crippen LogP contribution in [0, 0.1) is 5.82 Å². The molecule has 2 heterocycles. The number of benzene rings is 2. The van der Waals surface area contributed by atoms with E-state index in [1.165, 1.54) is 56.5 Å². The number of hydrogen-bond donors (Lipinski definition) is 0. The standard InChI is InChI=1S/C32H31ClF4N2O7S/c1-19(43-4)8-11-24-17-39(28-14-22(10-13-29(28)46-24)9-12-25-26(33)6-5-7-27(25)34)47(41,42)30-15-23(32(35,36)37)16-38-31(30)44-18-20(2)45-21(3)40/h5-7,9-10,12-16,20,24H,1,8,11,17-18H2,2-4H3/b12-9+/t20-,24+/m1/s1. The molecule has 0 saturated carbocycles. The molecule has 1 aromatic heterocycles. The molecule has 3 aromatic rings. The van der Waals surface area contributed by atoms with Crippen molar-refractivity contribution in [3.05, 3.63) is 88.5 Å². The Labute approximate surface area is 274 Å². The molecule has 0 fully saturated rings. The van der Waals surface area contributed by atoms with Crippen molar-refractivity contribution in [2.75, 3.05) is 24.6 Å². The molecule has 0 saturated heterocycles. The largest absolute Gasteiger partial charge is 0.502 e. The van der Waals surface area contributed by atoms with Crippen molar-refractivity contribution >= 4 is 45.4 Å². The molecule has 1 aliphatic heterocycles. The summed E-state index contributed by atoms with van der Waals surface area (Å²) >= 11 is 6.13. The lowest BCUT2D eigenvalue weighted by Gasteiger charge is -2.36. The first-order valence-electron chi connectivity index (χ1n) is 14.1. The van der Waals surface area contributed by atoms with Crippen LogP contribution in [-0.4, -0.2) is 51.8 Å². The first-order chi connectivity index (χ1) is 22.1. The fourth-order valence-electron chi connectivity index (χ4n) is 4.60. The van der Waals surface area contributed by atoms with Crippen molar-refractivity contribution in [2.24, 2.45) is 0 Å². The Hall–Kier alpha value is -4.30. The van der Waals surface area contributed by atoms with Crippen LogP contribution in [0.25, 0.3) is 12.2 Å². The second kappa shape index (κ2) is 14.6. The molecule has 2 atom stereocenters. The number of hydrogen-bond acceptors (Lipinski definition) is 8. The highest BCUT2D eigenvalue weighted by Crippen LogP contribution is 2.41. The van der Waals surface area contributed by atoms with Gasteiger partial charge in [0.15, 0.2) is 4.90 Å². The second-order valence-corrected chi connectivity index (χ2v) is 12.7. The van der Waals surface area contributed by atoms with E-state index in [0.29, 0.717) is 30.0 Å². The molecule has 0 aliphatic carbocycles. The third kappa shape index (κ3) is 8.74. The maximum atomic E-state index is 14.4. The Kier molecular flexibility index (Phi) is 11.1. The van der Waals surface area contributed by atoms with Crippen molar-refractivity contribution in [2.45, 2.75) is 50.0 Å². The van der Waals surface area contributed by atoms with E-state index in [9.17, 15) is 30.8 Å². The predicted octanol–water partition coefficient (Wildman–Crippen LogP) is 7.29. The molecular formula is C32H31ClF4N2O7S. The number of carbonyl (C=O) groups is 1. The molecule has 4 rings (SSSR count). The average molecular weight is 699 g/mol. The van der Waals surface area contributed by atoms with E-state index in [2.05, 4.69) is 11.6 Å². The number of fused-ring (bicyclic) bond motifs is 1. The SMILES string of the molecule is C=C(CC[C@H]1CN(S(=O)(=O)c2cc(C(F)(F)F)cnc2OC[C@@H](C)OC(C)=O)c2cc(/C=C/c3c(F)cccc3Cl)ccc2O1)OC. The summed E-state index contributed by atoms with van der Waals surface area (Å²) in [5, 5.41) is 0.153. The van der Waals surface area contributed by atoms with Gasteiger partial charge in [0.1, 0.15) is 30.4 Å². The van der Waals surface area contributed by atoms with Gasteiger partial charge in [-0.1, -0.05) is 36.4 Å². The molecule has 47 heavy (non-hydrogen) atoms. The van der Waals surface area contributed by atoms with E-state index in [4.69, 9.17) is 30.5 Å². The number of nitrogens with zero attached hydrogens (tertiary/aromatic N) is 2. The maximum Gasteiger partial charge on any atom is 0.417 e. The highest BCUT2D eigenvalue weighted by Gasteiger charge is 2.39. The smallest absolute Gasteiger partial charge is 0.417 e. The molecule has 0 radical (unpaired) electrons. The molecule has 252 valence electrons. The summed E-state index contributed by atoms with van der Waals surface area (Å²) in [4.78, 5) is 14.2. The van der Waals surface area contributed by atoms with Gasteiger partial charge in [-0.3, -0.25) is 9.10 Å². The number of carbonyl (C=O) groups excluding carboxylic acids is 1. The molecular weight excluding hydrogens is 668 g/mol. The number of alkyl halides is 3. The van der Waals surface area contributed by atoms with Gasteiger partial charge in [-0.2, -0.15) is 13.2 Å². The van der Waals surface area contributed by atoms with Crippen molar-refractivity contribution < 1.29 is 49.7 Å². The Bertz CT molecular complexity index is 1760. The average Bonchev–Trinajstić information content (AvgIpc) is 3.01. The Morgan fingerprint density at radius 3 is 2.64 bits per heavy atom. The van der Waals surface area contributed by atoms with E-state index in [1.807, 2.05) is 0 Å². The zero-order valence-electron chi connectivity index (χ0n) is 25.5. The van der Waals surface area contributed by atoms with Crippen LogP contribution in [0.2, 0.25) is 5.02 Å². The van der Waals surface area contributed by atoms with E-state index in [0.717, 1.165) is 11.2 Å². The molecule has 0 unspecified atom stereocenters. The summed E-state index contributed by atoms with van der Waals surface area (Å²) in [7, 11) is -3.40. The highest BCUT2D eigenvalue weighted by atomic mass is 35.5. The third-order valence-corrected chi connectivity index (χ3v) is 9.03. The van der Waals surface area contributed by atoms with Gasteiger partial charge in [-0.05, 0) is 55.3 Å². The molecule has 0 amide bonds. The maximum absolute atomic E-state index is 14.4. The molecule has 2 aromatic carbocycles. The lowest BCUT2D eigenvalue weighted by molar-refractivity contribution is -0.147. The predicted molar refractivity (Wildman–Crippen MR) is 167 cm³/mol. The normalized spacial score (nSPS) is 15.5. The van der Waals surface area contributed by atoms with Gasteiger partial charge in [0.25, 0.3) is 10.0 Å². The Balaban J connectivity index is 1.81. The van der Waals surface area contributed by atoms with Crippen LogP contribution in [0.5, 0.6) is 11.6 Å². The summed E-state index contributed by atoms with van der Waals surface area (Å²) < 4.78 is 107. The first-order valence-corrected chi connectivity index (χ1v) is 16.0. The molecule has 1 aliphatic rings. The zero-order valence-corrected chi connectivity index (χ0v) is 27.1. The van der Waals surface area contributed by atoms with Crippen LogP contribution < -0.4 is 13.8 Å². The van der Waals surface area contributed by atoms with E-state index in [1.54, 1.807) is 6.07 Å². The zero-order chi connectivity index (χ0) is 34.5. The minimum Gasteiger partial charge on any atom is -0.502 e. The minimum absolute atomic E-state index is 0.00485. The summed E-state index contributed by atoms with van der Waals surface area (Å²) in [5.74, 6) is -1.30. The number of sulfonamides is 1. The minimum atomic E-state index is -4.93.